The van der Waals surface area contributed by atoms with Crippen LogP contribution in [0.1, 0.15) is 165 Å². The Morgan fingerprint density at radius 1 is 0.397 bits per heavy atom. The highest BCUT2D eigenvalue weighted by Gasteiger charge is 1.89. The van der Waals surface area contributed by atoms with E-state index in [-0.39, 0.29) is 0 Å². The monoisotopic (exact) mass is 835 g/mol. The van der Waals surface area contributed by atoms with Gasteiger partial charge in [-0.15, -0.1) is 0 Å². The lowest BCUT2D eigenvalue weighted by Crippen LogP contribution is -2.18. The molecule has 0 saturated heterocycles. The van der Waals surface area contributed by atoms with Crippen LogP contribution in [-0.4, -0.2) is 109 Å². The van der Waals surface area contributed by atoms with Crippen molar-refractivity contribution in [3.8, 4) is 0 Å². The number of rotatable bonds is 19. The number of carbonyl (C=O) groups is 3. The lowest BCUT2D eigenvalue weighted by Gasteiger charge is -2.01. The van der Waals surface area contributed by atoms with Gasteiger partial charge in [0, 0.05) is 19.6 Å². The number of aldehydes is 3. The van der Waals surface area contributed by atoms with Crippen molar-refractivity contribution in [1.29, 1.82) is 0 Å². The molecule has 0 fully saturated rings. The van der Waals surface area contributed by atoms with Crippen LogP contribution in [0.3, 0.4) is 0 Å². The fourth-order valence-corrected chi connectivity index (χ4v) is 2.71. The van der Waals surface area contributed by atoms with Gasteiger partial charge in [-0.2, -0.15) is 0 Å². The molecule has 58 heavy (non-hydrogen) atoms. The van der Waals surface area contributed by atoms with Crippen LogP contribution in [0, 0.1) is 35.5 Å². The summed E-state index contributed by atoms with van der Waals surface area (Å²) < 4.78 is 0. The molecule has 0 aliphatic carbocycles. The number of carbonyl (C=O) groups excluding carboxylic acids is 3. The molecule has 0 spiro atoms. The van der Waals surface area contributed by atoms with Crippen LogP contribution in [0.5, 0.6) is 0 Å². The SMILES string of the molecule is CC=NCC(C)C.CC=NCC(C)C.CC=NCC(C)C.CC=O.CC=O.CC=O.CCNCC(C)C.CCNCC(C)C.CCNCC(C)C.NCCCCCN. The van der Waals surface area contributed by atoms with E-state index in [1.165, 1.54) is 27.2 Å². The predicted molar refractivity (Wildman–Crippen MR) is 269 cm³/mol. The van der Waals surface area contributed by atoms with Crippen LogP contribution < -0.4 is 27.4 Å². The number of hydrogen-bond acceptors (Lipinski definition) is 11. The number of unbranched alkanes of at least 4 members (excludes halogenated alkanes) is 2. The molecule has 0 bridgehead atoms. The fraction of sp³-hybridized carbons (Fsp3) is 0.872. The van der Waals surface area contributed by atoms with Crippen LogP contribution in [-0.2, 0) is 14.4 Å². The fourth-order valence-electron chi connectivity index (χ4n) is 2.71. The molecule has 0 aliphatic rings. The Bertz CT molecular complexity index is 625. The summed E-state index contributed by atoms with van der Waals surface area (Å²) >= 11 is 0. The maximum Gasteiger partial charge on any atom is 0.116 e. The van der Waals surface area contributed by atoms with Crippen molar-refractivity contribution in [1.82, 2.24) is 16.0 Å². The van der Waals surface area contributed by atoms with Crippen molar-refractivity contribution < 1.29 is 14.4 Å². The Balaban J connectivity index is -0.0000000560. The van der Waals surface area contributed by atoms with Crippen molar-refractivity contribution >= 4 is 37.5 Å². The molecule has 0 atom stereocenters. The first-order valence-corrected chi connectivity index (χ1v) is 22.3. The molecule has 0 saturated carbocycles. The minimum absolute atomic E-state index is 0.705. The average molecular weight is 835 g/mol. The van der Waals surface area contributed by atoms with E-state index in [4.69, 9.17) is 25.9 Å². The van der Waals surface area contributed by atoms with Gasteiger partial charge in [0.2, 0.25) is 0 Å². The first-order chi connectivity index (χ1) is 27.3. The van der Waals surface area contributed by atoms with Crippen molar-refractivity contribution in [2.45, 2.75) is 165 Å². The minimum Gasteiger partial charge on any atom is -0.330 e. The van der Waals surface area contributed by atoms with Crippen LogP contribution >= 0.6 is 0 Å². The Morgan fingerprint density at radius 2 is 0.586 bits per heavy atom. The molecular formula is C47H110N8O3. The molecule has 0 radical (unpaired) electrons. The molecule has 0 rings (SSSR count). The van der Waals surface area contributed by atoms with Gasteiger partial charge in [-0.05, 0) is 161 Å². The molecular weight excluding hydrogens is 725 g/mol. The van der Waals surface area contributed by atoms with Crippen LogP contribution in [0.2, 0.25) is 0 Å². The number of aliphatic imine (C=N–C) groups is 3. The summed E-state index contributed by atoms with van der Waals surface area (Å²) in [6.45, 7) is 54.0. The maximum atomic E-state index is 8.81. The minimum atomic E-state index is 0.705. The van der Waals surface area contributed by atoms with Gasteiger partial charge in [-0.1, -0.05) is 110 Å². The molecule has 0 aromatic carbocycles. The highest BCUT2D eigenvalue weighted by Crippen LogP contribution is 1.91. The Hall–Kier alpha value is -2.18. The zero-order valence-electron chi connectivity index (χ0n) is 43.0. The second-order valence-electron chi connectivity index (χ2n) is 15.0. The van der Waals surface area contributed by atoms with E-state index in [0.29, 0.717) is 17.8 Å². The largest absolute Gasteiger partial charge is 0.330 e. The zero-order valence-corrected chi connectivity index (χ0v) is 43.0. The summed E-state index contributed by atoms with van der Waals surface area (Å²) in [6.07, 6.45) is 11.2. The lowest BCUT2D eigenvalue weighted by molar-refractivity contribution is -0.106. The van der Waals surface area contributed by atoms with Gasteiger partial charge in [-0.3, -0.25) is 15.0 Å². The first-order valence-electron chi connectivity index (χ1n) is 22.3. The second kappa shape index (κ2) is 90.8. The Morgan fingerprint density at radius 3 is 0.655 bits per heavy atom. The summed E-state index contributed by atoms with van der Waals surface area (Å²) in [4.78, 5) is 38.6. The molecule has 0 aromatic heterocycles. The third-order valence-electron chi connectivity index (χ3n) is 5.28. The third-order valence-corrected chi connectivity index (χ3v) is 5.28. The van der Waals surface area contributed by atoms with Crippen molar-refractivity contribution in [2.75, 3.05) is 72.0 Å². The Kier molecular flexibility index (Phi) is 125. The third kappa shape index (κ3) is 225. The Labute approximate surface area is 365 Å². The van der Waals surface area contributed by atoms with Gasteiger partial charge in [0.25, 0.3) is 0 Å². The van der Waals surface area contributed by atoms with Gasteiger partial charge in [0.1, 0.15) is 18.9 Å². The zero-order chi connectivity index (χ0) is 47.8. The summed E-state index contributed by atoms with van der Waals surface area (Å²) in [5.74, 6) is 4.49. The number of nitrogens with zero attached hydrogens (tertiary/aromatic N) is 3. The van der Waals surface area contributed by atoms with Gasteiger partial charge >= 0.3 is 0 Å². The molecule has 356 valence electrons. The van der Waals surface area contributed by atoms with E-state index in [1.807, 2.05) is 39.4 Å². The molecule has 11 nitrogen and oxygen atoms in total. The molecule has 0 unspecified atom stereocenters. The van der Waals surface area contributed by atoms with Gasteiger partial charge in [0.15, 0.2) is 0 Å². The van der Waals surface area contributed by atoms with Crippen LogP contribution in [0.25, 0.3) is 0 Å². The standard InChI is InChI=1S/3C6H15N.3C6H13N.C5H14N2.3C2H4O/c6*1-4-7-5-6(2)3;6-4-2-1-3-5-7;3*1-2-3/h3*6-7H,4-5H2,1-3H3;3*4,6H,5H2,1-3H3;1-7H2;3*2H,1H3. The lowest BCUT2D eigenvalue weighted by atomic mass is 10.2. The highest BCUT2D eigenvalue weighted by atomic mass is 16.1. The van der Waals surface area contributed by atoms with E-state index < -0.39 is 0 Å². The van der Waals surface area contributed by atoms with Crippen molar-refractivity contribution in [3.05, 3.63) is 0 Å². The van der Waals surface area contributed by atoms with E-state index in [0.717, 1.165) is 121 Å². The summed E-state index contributed by atoms with van der Waals surface area (Å²) in [5, 5.41) is 9.74. The molecule has 0 aliphatic heterocycles. The normalized spacial score (nSPS) is 9.67. The van der Waals surface area contributed by atoms with Gasteiger partial charge in [-0.25, -0.2) is 0 Å². The summed E-state index contributed by atoms with van der Waals surface area (Å²) in [5.41, 5.74) is 10.5. The van der Waals surface area contributed by atoms with E-state index in [9.17, 15) is 0 Å². The smallest absolute Gasteiger partial charge is 0.116 e. The molecule has 11 heteroatoms. The van der Waals surface area contributed by atoms with Crippen LogP contribution in [0.15, 0.2) is 15.0 Å². The van der Waals surface area contributed by atoms with Gasteiger partial charge in [0.05, 0.1) is 0 Å². The van der Waals surface area contributed by atoms with Crippen LogP contribution in [0.4, 0.5) is 0 Å². The predicted octanol–water partition coefficient (Wildman–Crippen LogP) is 9.64. The molecule has 0 amide bonds. The van der Waals surface area contributed by atoms with Crippen molar-refractivity contribution in [2.24, 2.45) is 62.0 Å². The maximum absolute atomic E-state index is 8.81. The highest BCUT2D eigenvalue weighted by molar-refractivity contribution is 5.53. The number of hydrogen-bond donors (Lipinski definition) is 5. The van der Waals surface area contributed by atoms with Gasteiger partial charge < -0.3 is 41.8 Å². The van der Waals surface area contributed by atoms with E-state index >= 15 is 0 Å². The second-order valence-corrected chi connectivity index (χ2v) is 15.0. The topological polar surface area (TPSA) is 176 Å². The quantitative estimate of drug-likeness (QED) is 0.0485. The molecule has 7 N–H and O–H groups in total. The number of nitrogens with one attached hydrogen (secondary N) is 3. The number of nitrogens with two attached hydrogens (primary N) is 2. The van der Waals surface area contributed by atoms with E-state index in [2.05, 4.69) is 135 Å². The van der Waals surface area contributed by atoms with E-state index in [1.54, 1.807) is 0 Å². The summed E-state index contributed by atoms with van der Waals surface area (Å²) in [7, 11) is 0. The molecule has 0 aromatic rings. The first kappa shape index (κ1) is 79.9. The summed E-state index contributed by atoms with van der Waals surface area (Å²) in [6, 6.07) is 0. The molecule has 0 heterocycles. The average Bonchev–Trinajstić information content (AvgIpc) is 3.15. The van der Waals surface area contributed by atoms with Crippen molar-refractivity contribution in [3.63, 3.8) is 0 Å².